The van der Waals surface area contributed by atoms with Crippen molar-refractivity contribution in [3.63, 3.8) is 0 Å². The lowest BCUT2D eigenvalue weighted by molar-refractivity contribution is -0.120. The van der Waals surface area contributed by atoms with E-state index in [1.54, 1.807) is 18.2 Å². The minimum Gasteiger partial charge on any atom is -0.454 e. The minimum absolute atomic E-state index is 0.0101. The standard InChI is InChI=1S/C13H14N2O4/c16-12(15-9-2-3-9)6-14-13(17)8-1-4-10-11(5-8)19-7-18-10/h1,4-5,9H,2-3,6-7H2,(H,14,17)(H,15,16). The van der Waals surface area contributed by atoms with Crippen LogP contribution in [0.25, 0.3) is 0 Å². The summed E-state index contributed by atoms with van der Waals surface area (Å²) in [6.07, 6.45) is 2.06. The van der Waals surface area contributed by atoms with Crippen molar-refractivity contribution in [2.75, 3.05) is 13.3 Å². The number of carbonyl (C=O) groups is 2. The molecule has 0 aromatic heterocycles. The van der Waals surface area contributed by atoms with E-state index in [0.717, 1.165) is 12.8 Å². The number of rotatable bonds is 4. The monoisotopic (exact) mass is 262 g/mol. The van der Waals surface area contributed by atoms with E-state index in [1.807, 2.05) is 0 Å². The Morgan fingerprint density at radius 2 is 2.00 bits per heavy atom. The second kappa shape index (κ2) is 4.79. The summed E-state index contributed by atoms with van der Waals surface area (Å²) in [5.74, 6) is 0.721. The van der Waals surface area contributed by atoms with Crippen molar-refractivity contribution >= 4 is 11.8 Å². The summed E-state index contributed by atoms with van der Waals surface area (Å²) in [6.45, 7) is 0.161. The van der Waals surface area contributed by atoms with Gasteiger partial charge in [-0.25, -0.2) is 0 Å². The quantitative estimate of drug-likeness (QED) is 0.824. The van der Waals surface area contributed by atoms with Gasteiger partial charge >= 0.3 is 0 Å². The molecule has 0 unspecified atom stereocenters. The molecule has 1 fully saturated rings. The lowest BCUT2D eigenvalue weighted by atomic mass is 10.2. The summed E-state index contributed by atoms with van der Waals surface area (Å²) in [6, 6.07) is 5.23. The second-order valence-electron chi connectivity index (χ2n) is 4.59. The molecule has 6 nitrogen and oxygen atoms in total. The zero-order valence-corrected chi connectivity index (χ0v) is 10.3. The van der Waals surface area contributed by atoms with Crippen molar-refractivity contribution in [3.05, 3.63) is 23.8 Å². The first-order chi connectivity index (χ1) is 9.22. The summed E-state index contributed by atoms with van der Waals surface area (Å²) < 4.78 is 10.4. The Balaban J connectivity index is 1.56. The van der Waals surface area contributed by atoms with Crippen LogP contribution in [-0.4, -0.2) is 31.2 Å². The number of ether oxygens (including phenoxy) is 2. The van der Waals surface area contributed by atoms with Gasteiger partial charge in [-0.3, -0.25) is 9.59 Å². The van der Waals surface area contributed by atoms with Crippen molar-refractivity contribution in [2.45, 2.75) is 18.9 Å². The molecule has 6 heteroatoms. The zero-order chi connectivity index (χ0) is 13.2. The van der Waals surface area contributed by atoms with E-state index in [-0.39, 0.29) is 25.2 Å². The molecule has 1 aliphatic heterocycles. The summed E-state index contributed by atoms with van der Waals surface area (Å²) in [4.78, 5) is 23.3. The molecule has 1 aromatic rings. The van der Waals surface area contributed by atoms with Gasteiger partial charge in [0.15, 0.2) is 11.5 Å². The number of benzene rings is 1. The van der Waals surface area contributed by atoms with Crippen molar-refractivity contribution in [1.29, 1.82) is 0 Å². The molecule has 3 rings (SSSR count). The third kappa shape index (κ3) is 2.78. The van der Waals surface area contributed by atoms with Crippen LogP contribution in [0.5, 0.6) is 11.5 Å². The average molecular weight is 262 g/mol. The molecule has 0 saturated heterocycles. The molecule has 1 saturated carbocycles. The first kappa shape index (κ1) is 11.8. The molecule has 2 amide bonds. The fourth-order valence-corrected chi connectivity index (χ4v) is 1.81. The Kier molecular flexibility index (Phi) is 2.98. The molecule has 2 N–H and O–H groups in total. The van der Waals surface area contributed by atoms with E-state index in [9.17, 15) is 9.59 Å². The predicted molar refractivity (Wildman–Crippen MR) is 66.1 cm³/mol. The van der Waals surface area contributed by atoms with Gasteiger partial charge in [0.25, 0.3) is 5.91 Å². The lowest BCUT2D eigenvalue weighted by Crippen LogP contribution is -2.37. The van der Waals surface area contributed by atoms with Gasteiger partial charge in [0, 0.05) is 11.6 Å². The highest BCUT2D eigenvalue weighted by atomic mass is 16.7. The third-order valence-corrected chi connectivity index (χ3v) is 2.99. The number of carbonyl (C=O) groups excluding carboxylic acids is 2. The molecule has 1 aromatic carbocycles. The summed E-state index contributed by atoms with van der Waals surface area (Å²) in [7, 11) is 0. The molecule has 0 atom stereocenters. The minimum atomic E-state index is -0.302. The predicted octanol–water partition coefficient (Wildman–Crippen LogP) is 0.424. The molecule has 19 heavy (non-hydrogen) atoms. The Morgan fingerprint density at radius 1 is 1.21 bits per heavy atom. The van der Waals surface area contributed by atoms with Crippen molar-refractivity contribution in [3.8, 4) is 11.5 Å². The van der Waals surface area contributed by atoms with Crippen molar-refractivity contribution in [1.82, 2.24) is 10.6 Å². The molecule has 0 radical (unpaired) electrons. The fraction of sp³-hybridized carbons (Fsp3) is 0.385. The van der Waals surface area contributed by atoms with Crippen molar-refractivity contribution < 1.29 is 19.1 Å². The van der Waals surface area contributed by atoms with E-state index < -0.39 is 0 Å². The van der Waals surface area contributed by atoms with E-state index in [1.165, 1.54) is 0 Å². The summed E-state index contributed by atoms with van der Waals surface area (Å²) in [5.41, 5.74) is 0.448. The Morgan fingerprint density at radius 3 is 2.79 bits per heavy atom. The molecular weight excluding hydrogens is 248 g/mol. The van der Waals surface area contributed by atoms with E-state index in [4.69, 9.17) is 9.47 Å². The highest BCUT2D eigenvalue weighted by molar-refractivity contribution is 5.97. The number of hydrogen-bond acceptors (Lipinski definition) is 4. The summed E-state index contributed by atoms with van der Waals surface area (Å²) >= 11 is 0. The lowest BCUT2D eigenvalue weighted by Gasteiger charge is -2.06. The zero-order valence-electron chi connectivity index (χ0n) is 10.3. The van der Waals surface area contributed by atoms with Gasteiger partial charge in [-0.1, -0.05) is 0 Å². The molecule has 0 bridgehead atoms. The van der Waals surface area contributed by atoms with Crippen LogP contribution >= 0.6 is 0 Å². The van der Waals surface area contributed by atoms with Gasteiger partial charge in [-0.2, -0.15) is 0 Å². The number of fused-ring (bicyclic) bond motifs is 1. The SMILES string of the molecule is O=C(CNC(=O)c1ccc2c(c1)OCO2)NC1CC1. The fourth-order valence-electron chi connectivity index (χ4n) is 1.81. The smallest absolute Gasteiger partial charge is 0.251 e. The molecular formula is C13H14N2O4. The Bertz CT molecular complexity index is 525. The molecule has 1 heterocycles. The van der Waals surface area contributed by atoms with Crippen LogP contribution in [-0.2, 0) is 4.79 Å². The molecule has 1 aliphatic carbocycles. The summed E-state index contributed by atoms with van der Waals surface area (Å²) in [5, 5.41) is 5.38. The molecule has 100 valence electrons. The van der Waals surface area contributed by atoms with E-state index >= 15 is 0 Å². The first-order valence-corrected chi connectivity index (χ1v) is 6.19. The van der Waals surface area contributed by atoms with Crippen LogP contribution in [0.3, 0.4) is 0 Å². The van der Waals surface area contributed by atoms with Crippen LogP contribution in [0, 0.1) is 0 Å². The Labute approximate surface area is 110 Å². The molecule has 2 aliphatic rings. The van der Waals surface area contributed by atoms with Crippen LogP contribution in [0.2, 0.25) is 0 Å². The highest BCUT2D eigenvalue weighted by Gasteiger charge is 2.23. The van der Waals surface area contributed by atoms with Crippen LogP contribution in [0.4, 0.5) is 0 Å². The maximum atomic E-state index is 11.9. The number of nitrogens with one attached hydrogen (secondary N) is 2. The van der Waals surface area contributed by atoms with Gasteiger partial charge < -0.3 is 20.1 Å². The van der Waals surface area contributed by atoms with E-state index in [0.29, 0.717) is 23.1 Å². The van der Waals surface area contributed by atoms with Gasteiger partial charge in [0.1, 0.15) is 0 Å². The first-order valence-electron chi connectivity index (χ1n) is 6.19. The number of amides is 2. The normalized spacial score (nSPS) is 16.0. The van der Waals surface area contributed by atoms with Crippen LogP contribution < -0.4 is 20.1 Å². The average Bonchev–Trinajstić information content (AvgIpc) is 3.09. The van der Waals surface area contributed by atoms with E-state index in [2.05, 4.69) is 10.6 Å². The number of hydrogen-bond donors (Lipinski definition) is 2. The van der Waals surface area contributed by atoms with Crippen LogP contribution in [0.1, 0.15) is 23.2 Å². The van der Waals surface area contributed by atoms with Gasteiger partial charge in [-0.05, 0) is 31.0 Å². The van der Waals surface area contributed by atoms with Crippen molar-refractivity contribution in [2.24, 2.45) is 0 Å². The molecule has 0 spiro atoms. The second-order valence-corrected chi connectivity index (χ2v) is 4.59. The van der Waals surface area contributed by atoms with Gasteiger partial charge in [0.2, 0.25) is 12.7 Å². The largest absolute Gasteiger partial charge is 0.454 e. The maximum absolute atomic E-state index is 11.9. The van der Waals surface area contributed by atoms with Crippen LogP contribution in [0.15, 0.2) is 18.2 Å². The Hall–Kier alpha value is -2.24. The third-order valence-electron chi connectivity index (χ3n) is 2.99. The highest BCUT2D eigenvalue weighted by Crippen LogP contribution is 2.32. The maximum Gasteiger partial charge on any atom is 0.251 e. The topological polar surface area (TPSA) is 76.7 Å². The van der Waals surface area contributed by atoms with Gasteiger partial charge in [-0.15, -0.1) is 0 Å². The van der Waals surface area contributed by atoms with Gasteiger partial charge in [0.05, 0.1) is 6.54 Å².